The van der Waals surface area contributed by atoms with E-state index < -0.39 is 0 Å². The van der Waals surface area contributed by atoms with Crippen molar-refractivity contribution in [3.05, 3.63) is 71.9 Å². The van der Waals surface area contributed by atoms with Crippen molar-refractivity contribution in [3.8, 4) is 0 Å². The van der Waals surface area contributed by atoms with Crippen LogP contribution >= 0.6 is 0 Å². The molecule has 0 bridgehead atoms. The second kappa shape index (κ2) is 7.32. The van der Waals surface area contributed by atoms with Crippen LogP contribution < -0.4 is 0 Å². The molecule has 0 radical (unpaired) electrons. The van der Waals surface area contributed by atoms with Gasteiger partial charge in [-0.3, -0.25) is 0 Å². The van der Waals surface area contributed by atoms with Crippen LogP contribution in [0.25, 0.3) is 10.9 Å². The lowest BCUT2D eigenvalue weighted by atomic mass is 10.2. The summed E-state index contributed by atoms with van der Waals surface area (Å²) in [5.41, 5.74) is 2.87. The van der Waals surface area contributed by atoms with Crippen molar-refractivity contribution in [1.29, 1.82) is 0 Å². The van der Waals surface area contributed by atoms with Crippen molar-refractivity contribution in [2.75, 3.05) is 27.2 Å². The van der Waals surface area contributed by atoms with Crippen LogP contribution in [0.4, 0.5) is 0 Å². The zero-order chi connectivity index (χ0) is 16.9. The molecule has 1 heterocycles. The Labute approximate surface area is 142 Å². The van der Waals surface area contributed by atoms with Gasteiger partial charge in [-0.2, -0.15) is 0 Å². The molecule has 0 spiro atoms. The van der Waals surface area contributed by atoms with Crippen molar-refractivity contribution in [2.45, 2.75) is 6.54 Å². The number of esters is 1. The van der Waals surface area contributed by atoms with E-state index in [9.17, 15) is 4.79 Å². The van der Waals surface area contributed by atoms with Crippen LogP contribution in [0, 0.1) is 0 Å². The van der Waals surface area contributed by atoms with Gasteiger partial charge in [0, 0.05) is 30.2 Å². The predicted octanol–water partition coefficient (Wildman–Crippen LogP) is 3.41. The Kier molecular flexibility index (Phi) is 4.96. The molecule has 0 N–H and O–H groups in total. The molecule has 0 aliphatic carbocycles. The minimum absolute atomic E-state index is 0.264. The van der Waals surface area contributed by atoms with E-state index >= 15 is 0 Å². The van der Waals surface area contributed by atoms with Gasteiger partial charge in [-0.25, -0.2) is 4.79 Å². The lowest BCUT2D eigenvalue weighted by molar-refractivity contribution is 0.0484. The fraction of sp³-hybridized carbons (Fsp3) is 0.250. The molecule has 3 aromatic rings. The van der Waals surface area contributed by atoms with Gasteiger partial charge < -0.3 is 14.2 Å². The molecule has 1 aromatic heterocycles. The van der Waals surface area contributed by atoms with E-state index in [4.69, 9.17) is 4.74 Å². The molecule has 4 nitrogen and oxygen atoms in total. The number of hydrogen-bond acceptors (Lipinski definition) is 3. The van der Waals surface area contributed by atoms with Gasteiger partial charge >= 0.3 is 5.97 Å². The van der Waals surface area contributed by atoms with E-state index in [2.05, 4.69) is 16.7 Å². The van der Waals surface area contributed by atoms with Gasteiger partial charge in [0.2, 0.25) is 0 Å². The van der Waals surface area contributed by atoms with Crippen LogP contribution in [-0.4, -0.2) is 42.7 Å². The molecule has 0 saturated heterocycles. The summed E-state index contributed by atoms with van der Waals surface area (Å²) >= 11 is 0. The van der Waals surface area contributed by atoms with Gasteiger partial charge in [0.1, 0.15) is 6.61 Å². The Bertz CT molecular complexity index is 822. The summed E-state index contributed by atoms with van der Waals surface area (Å²) in [5, 5.41) is 0.934. The molecule has 124 valence electrons. The number of aromatic nitrogens is 1. The molecule has 0 fully saturated rings. The molecule has 0 atom stereocenters. The molecule has 0 unspecified atom stereocenters. The number of rotatable bonds is 6. The minimum Gasteiger partial charge on any atom is -0.461 e. The number of fused-ring (bicyclic) bond motifs is 1. The first-order valence-corrected chi connectivity index (χ1v) is 8.09. The Morgan fingerprint density at radius 1 is 1.04 bits per heavy atom. The number of nitrogens with zero attached hydrogens (tertiary/aromatic N) is 2. The van der Waals surface area contributed by atoms with Crippen molar-refractivity contribution < 1.29 is 9.53 Å². The lowest BCUT2D eigenvalue weighted by Gasteiger charge is -2.09. The highest BCUT2D eigenvalue weighted by molar-refractivity contribution is 6.04. The average Bonchev–Trinajstić information content (AvgIpc) is 2.94. The number of para-hydroxylation sites is 1. The maximum absolute atomic E-state index is 12.5. The van der Waals surface area contributed by atoms with Crippen molar-refractivity contribution >= 4 is 16.9 Å². The monoisotopic (exact) mass is 322 g/mol. The molecule has 0 aliphatic rings. The van der Waals surface area contributed by atoms with E-state index in [0.29, 0.717) is 18.7 Å². The minimum atomic E-state index is -0.264. The molecule has 2 aromatic carbocycles. The van der Waals surface area contributed by atoms with Crippen LogP contribution in [0.5, 0.6) is 0 Å². The predicted molar refractivity (Wildman–Crippen MR) is 96.3 cm³/mol. The van der Waals surface area contributed by atoms with Gasteiger partial charge in [-0.1, -0.05) is 48.5 Å². The molecule has 4 heteroatoms. The van der Waals surface area contributed by atoms with Crippen LogP contribution in [0.1, 0.15) is 15.9 Å². The molecule has 0 aliphatic heterocycles. The van der Waals surface area contributed by atoms with Crippen molar-refractivity contribution in [2.24, 2.45) is 0 Å². The van der Waals surface area contributed by atoms with Gasteiger partial charge in [-0.05, 0) is 25.7 Å². The normalized spacial score (nSPS) is 11.1. The summed E-state index contributed by atoms with van der Waals surface area (Å²) in [5.74, 6) is -0.264. The van der Waals surface area contributed by atoms with Crippen LogP contribution in [0.2, 0.25) is 0 Å². The van der Waals surface area contributed by atoms with E-state index in [1.54, 1.807) is 0 Å². The van der Waals surface area contributed by atoms with Gasteiger partial charge in [0.15, 0.2) is 0 Å². The second-order valence-electron chi connectivity index (χ2n) is 6.11. The number of hydrogen-bond donors (Lipinski definition) is 0. The van der Waals surface area contributed by atoms with Crippen LogP contribution in [0.3, 0.4) is 0 Å². The maximum atomic E-state index is 12.5. The smallest absolute Gasteiger partial charge is 0.340 e. The third-order valence-corrected chi connectivity index (χ3v) is 3.98. The fourth-order valence-electron chi connectivity index (χ4n) is 2.72. The summed E-state index contributed by atoms with van der Waals surface area (Å²) in [6.45, 7) is 1.84. The Morgan fingerprint density at radius 3 is 2.50 bits per heavy atom. The highest BCUT2D eigenvalue weighted by Gasteiger charge is 2.16. The standard InChI is InChI=1S/C20H22N2O2/c1-21(2)12-13-24-20(23)18-15-22(14-16-8-4-3-5-9-16)19-11-7-6-10-17(18)19/h3-11,15H,12-14H2,1-2H3. The van der Waals surface area contributed by atoms with Crippen LogP contribution in [-0.2, 0) is 11.3 Å². The highest BCUT2D eigenvalue weighted by atomic mass is 16.5. The lowest BCUT2D eigenvalue weighted by Crippen LogP contribution is -2.20. The van der Waals surface area contributed by atoms with Gasteiger partial charge in [0.05, 0.1) is 5.56 Å². The first kappa shape index (κ1) is 16.3. The second-order valence-corrected chi connectivity index (χ2v) is 6.11. The summed E-state index contributed by atoms with van der Waals surface area (Å²) in [6, 6.07) is 18.2. The first-order chi connectivity index (χ1) is 11.6. The zero-order valence-electron chi connectivity index (χ0n) is 14.1. The quantitative estimate of drug-likeness (QED) is 0.652. The van der Waals surface area contributed by atoms with E-state index in [1.165, 1.54) is 5.56 Å². The Balaban J connectivity index is 1.87. The summed E-state index contributed by atoms with van der Waals surface area (Å²) in [7, 11) is 3.92. The van der Waals surface area contributed by atoms with Gasteiger partial charge in [-0.15, -0.1) is 0 Å². The van der Waals surface area contributed by atoms with E-state index in [0.717, 1.165) is 17.4 Å². The summed E-state index contributed by atoms with van der Waals surface area (Å²) < 4.78 is 7.52. The largest absolute Gasteiger partial charge is 0.461 e. The molecule has 0 saturated carbocycles. The molecular formula is C20H22N2O2. The Hall–Kier alpha value is -2.59. The number of benzene rings is 2. The summed E-state index contributed by atoms with van der Waals surface area (Å²) in [6.07, 6.45) is 1.90. The topological polar surface area (TPSA) is 34.5 Å². The van der Waals surface area contributed by atoms with Gasteiger partial charge in [0.25, 0.3) is 0 Å². The third-order valence-electron chi connectivity index (χ3n) is 3.98. The maximum Gasteiger partial charge on any atom is 0.340 e. The highest BCUT2D eigenvalue weighted by Crippen LogP contribution is 2.23. The molecule has 0 amide bonds. The van der Waals surface area contributed by atoms with Crippen molar-refractivity contribution in [3.63, 3.8) is 0 Å². The van der Waals surface area contributed by atoms with Crippen LogP contribution in [0.15, 0.2) is 60.8 Å². The Morgan fingerprint density at radius 2 is 1.75 bits per heavy atom. The summed E-state index contributed by atoms with van der Waals surface area (Å²) in [4.78, 5) is 14.4. The molecular weight excluding hydrogens is 300 g/mol. The first-order valence-electron chi connectivity index (χ1n) is 8.09. The molecule has 3 rings (SSSR count). The number of carbonyl (C=O) groups is 1. The zero-order valence-corrected chi connectivity index (χ0v) is 14.1. The average molecular weight is 322 g/mol. The molecule has 24 heavy (non-hydrogen) atoms. The SMILES string of the molecule is CN(C)CCOC(=O)c1cn(Cc2ccccc2)c2ccccc12. The van der Waals surface area contributed by atoms with Crippen molar-refractivity contribution in [1.82, 2.24) is 9.47 Å². The number of ether oxygens (including phenoxy) is 1. The number of likely N-dealkylation sites (N-methyl/N-ethyl adjacent to an activating group) is 1. The fourth-order valence-corrected chi connectivity index (χ4v) is 2.72. The van der Waals surface area contributed by atoms with E-state index in [-0.39, 0.29) is 5.97 Å². The third kappa shape index (κ3) is 3.66. The number of carbonyl (C=O) groups excluding carboxylic acids is 1. The van der Waals surface area contributed by atoms with E-state index in [1.807, 2.05) is 67.7 Å².